The lowest BCUT2D eigenvalue weighted by molar-refractivity contribution is 0.0525. The molecule has 0 atom stereocenters. The molecule has 1 aromatic carbocycles. The summed E-state index contributed by atoms with van der Waals surface area (Å²) >= 11 is 2.65. The zero-order valence-electron chi connectivity index (χ0n) is 9.66. The first-order valence-electron chi connectivity index (χ1n) is 5.27. The molecule has 0 bridgehead atoms. The van der Waals surface area contributed by atoms with Crippen LogP contribution in [0.2, 0.25) is 0 Å². The molecular weight excluding hydrogens is 288 g/mol. The van der Waals surface area contributed by atoms with Crippen molar-refractivity contribution in [2.45, 2.75) is 20.3 Å². The van der Waals surface area contributed by atoms with E-state index in [0.29, 0.717) is 24.2 Å². The topological polar surface area (TPSA) is 52.6 Å². The molecule has 0 N–H and O–H groups in total. The molecule has 0 fully saturated rings. The van der Waals surface area contributed by atoms with E-state index in [1.54, 1.807) is 25.1 Å². The van der Waals surface area contributed by atoms with Crippen molar-refractivity contribution in [1.82, 2.24) is 0 Å². The second-order valence-corrected chi connectivity index (χ2v) is 3.63. The molecule has 0 saturated carbocycles. The predicted molar refractivity (Wildman–Crippen MR) is 66.1 cm³/mol. The number of carbonyl (C=O) groups excluding carboxylic acids is 2. The molecule has 0 radical (unpaired) electrons. The van der Waals surface area contributed by atoms with Gasteiger partial charge in [-0.2, -0.15) is 0 Å². The highest BCUT2D eigenvalue weighted by Crippen LogP contribution is 2.16. The van der Waals surface area contributed by atoms with Gasteiger partial charge >= 0.3 is 11.9 Å². The Labute approximate surface area is 108 Å². The van der Waals surface area contributed by atoms with E-state index in [1.807, 2.05) is 6.92 Å². The molecule has 0 unspecified atom stereocenters. The molecule has 1 aromatic rings. The Balaban J connectivity index is 3.08. The van der Waals surface area contributed by atoms with Crippen LogP contribution in [-0.4, -0.2) is 18.5 Å². The molecular formula is C12H13BrO4. The van der Waals surface area contributed by atoms with Gasteiger partial charge in [-0.25, -0.2) is 9.59 Å². The van der Waals surface area contributed by atoms with Gasteiger partial charge in [0.2, 0.25) is 0 Å². The maximum absolute atomic E-state index is 11.5. The highest BCUT2D eigenvalue weighted by molar-refractivity contribution is 9.06. The van der Waals surface area contributed by atoms with Crippen LogP contribution in [0, 0.1) is 0 Å². The molecule has 5 heteroatoms. The zero-order valence-corrected chi connectivity index (χ0v) is 11.2. The number of ether oxygens (including phenoxy) is 1. The van der Waals surface area contributed by atoms with Crippen LogP contribution in [0.5, 0.6) is 0 Å². The Bertz CT molecular complexity index is 429. The van der Waals surface area contributed by atoms with Gasteiger partial charge in [0.1, 0.15) is 0 Å². The van der Waals surface area contributed by atoms with Gasteiger partial charge in [-0.15, -0.1) is 0 Å². The number of halogens is 1. The van der Waals surface area contributed by atoms with E-state index < -0.39 is 5.97 Å². The second kappa shape index (κ2) is 6.39. The molecule has 92 valence electrons. The highest BCUT2D eigenvalue weighted by atomic mass is 79.9. The van der Waals surface area contributed by atoms with Gasteiger partial charge in [0.25, 0.3) is 0 Å². The quantitative estimate of drug-likeness (QED) is 0.802. The fraction of sp³-hybridized carbons (Fsp3) is 0.333. The maximum atomic E-state index is 11.5. The summed E-state index contributed by atoms with van der Waals surface area (Å²) in [4.78, 5) is 22.9. The SMILES string of the molecule is CCOC(=O)c1ccc(C(=O)OBr)c(CC)c1. The fourth-order valence-corrected chi connectivity index (χ4v) is 1.64. The zero-order chi connectivity index (χ0) is 12.8. The van der Waals surface area contributed by atoms with Gasteiger partial charge in [0.15, 0.2) is 16.3 Å². The van der Waals surface area contributed by atoms with Crippen LogP contribution < -0.4 is 0 Å². The second-order valence-electron chi connectivity index (χ2n) is 3.31. The van der Waals surface area contributed by atoms with Crippen molar-refractivity contribution in [3.05, 3.63) is 34.9 Å². The number of aryl methyl sites for hydroxylation is 1. The van der Waals surface area contributed by atoms with Gasteiger partial charge in [0, 0.05) is 0 Å². The summed E-state index contributed by atoms with van der Waals surface area (Å²) in [6.45, 7) is 3.97. The van der Waals surface area contributed by atoms with E-state index in [0.717, 1.165) is 5.56 Å². The lowest BCUT2D eigenvalue weighted by Gasteiger charge is -2.07. The van der Waals surface area contributed by atoms with Crippen molar-refractivity contribution in [2.75, 3.05) is 6.61 Å². The van der Waals surface area contributed by atoms with E-state index in [9.17, 15) is 9.59 Å². The largest absolute Gasteiger partial charge is 0.462 e. The Morgan fingerprint density at radius 3 is 2.47 bits per heavy atom. The minimum absolute atomic E-state index is 0.325. The summed E-state index contributed by atoms with van der Waals surface area (Å²) in [6.07, 6.45) is 0.630. The summed E-state index contributed by atoms with van der Waals surface area (Å²) in [5.74, 6) is -0.863. The van der Waals surface area contributed by atoms with Crippen molar-refractivity contribution in [3.8, 4) is 0 Å². The lowest BCUT2D eigenvalue weighted by Crippen LogP contribution is -2.08. The highest BCUT2D eigenvalue weighted by Gasteiger charge is 2.14. The standard InChI is InChI=1S/C12H13BrO4/c1-3-8-7-9(11(14)16-4-2)5-6-10(8)12(15)17-13/h5-7H,3-4H2,1-2H3. The van der Waals surface area contributed by atoms with Gasteiger partial charge in [0.05, 0.1) is 17.7 Å². The smallest absolute Gasteiger partial charge is 0.349 e. The van der Waals surface area contributed by atoms with Crippen LogP contribution in [0.25, 0.3) is 0 Å². The van der Waals surface area contributed by atoms with Crippen LogP contribution in [0.4, 0.5) is 0 Å². The van der Waals surface area contributed by atoms with Crippen molar-refractivity contribution >= 4 is 28.2 Å². The number of benzene rings is 1. The third kappa shape index (κ3) is 3.30. The number of carbonyl (C=O) groups is 2. The van der Waals surface area contributed by atoms with Crippen LogP contribution in [-0.2, 0) is 15.0 Å². The number of hydrogen-bond acceptors (Lipinski definition) is 4. The molecule has 0 spiro atoms. The Morgan fingerprint density at radius 2 is 1.94 bits per heavy atom. The average Bonchev–Trinajstić information content (AvgIpc) is 2.37. The van der Waals surface area contributed by atoms with E-state index in [1.165, 1.54) is 0 Å². The van der Waals surface area contributed by atoms with Gasteiger partial charge in [-0.05, 0) is 37.1 Å². The van der Waals surface area contributed by atoms with Crippen LogP contribution in [0.3, 0.4) is 0 Å². The van der Waals surface area contributed by atoms with E-state index >= 15 is 0 Å². The van der Waals surface area contributed by atoms with E-state index in [-0.39, 0.29) is 5.97 Å². The first-order valence-corrected chi connectivity index (χ1v) is 5.91. The summed E-state index contributed by atoms with van der Waals surface area (Å²) in [6, 6.07) is 4.77. The lowest BCUT2D eigenvalue weighted by atomic mass is 10.0. The Morgan fingerprint density at radius 1 is 1.24 bits per heavy atom. The first-order chi connectivity index (χ1) is 8.13. The Hall–Kier alpha value is -1.36. The number of hydrogen-bond donors (Lipinski definition) is 0. The van der Waals surface area contributed by atoms with Crippen molar-refractivity contribution in [2.24, 2.45) is 0 Å². The first kappa shape index (κ1) is 13.7. The molecule has 4 nitrogen and oxygen atoms in total. The third-order valence-corrected chi connectivity index (χ3v) is 2.58. The summed E-state index contributed by atoms with van der Waals surface area (Å²) in [5, 5.41) is 0. The minimum Gasteiger partial charge on any atom is -0.462 e. The predicted octanol–water partition coefficient (Wildman–Crippen LogP) is 2.89. The molecule has 0 aliphatic rings. The molecule has 0 aromatic heterocycles. The maximum Gasteiger partial charge on any atom is 0.349 e. The molecule has 0 aliphatic carbocycles. The molecule has 1 rings (SSSR count). The molecule has 0 aliphatic heterocycles. The fourth-order valence-electron chi connectivity index (χ4n) is 1.47. The molecule has 0 saturated heterocycles. The normalized spacial score (nSPS) is 9.82. The van der Waals surface area contributed by atoms with Crippen LogP contribution in [0.1, 0.15) is 40.1 Å². The number of esters is 1. The minimum atomic E-state index is -0.475. The summed E-state index contributed by atoms with van der Waals surface area (Å²) < 4.78 is 9.37. The van der Waals surface area contributed by atoms with Gasteiger partial charge < -0.3 is 8.57 Å². The molecule has 0 heterocycles. The van der Waals surface area contributed by atoms with E-state index in [2.05, 4.69) is 20.1 Å². The third-order valence-electron chi connectivity index (χ3n) is 2.29. The van der Waals surface area contributed by atoms with Crippen LogP contribution in [0.15, 0.2) is 18.2 Å². The summed E-state index contributed by atoms with van der Waals surface area (Å²) in [5.41, 5.74) is 1.63. The van der Waals surface area contributed by atoms with Gasteiger partial charge in [-0.3, -0.25) is 0 Å². The monoisotopic (exact) mass is 300 g/mol. The molecule has 17 heavy (non-hydrogen) atoms. The summed E-state index contributed by atoms with van der Waals surface area (Å²) in [7, 11) is 0. The number of rotatable bonds is 4. The van der Waals surface area contributed by atoms with Crippen molar-refractivity contribution in [1.29, 1.82) is 0 Å². The van der Waals surface area contributed by atoms with Crippen molar-refractivity contribution < 1.29 is 18.2 Å². The van der Waals surface area contributed by atoms with Crippen molar-refractivity contribution in [3.63, 3.8) is 0 Å². The Kier molecular flexibility index (Phi) is 5.15. The van der Waals surface area contributed by atoms with E-state index in [4.69, 9.17) is 4.74 Å². The van der Waals surface area contributed by atoms with Gasteiger partial charge in [-0.1, -0.05) is 6.92 Å². The molecule has 0 amide bonds. The average molecular weight is 301 g/mol. The van der Waals surface area contributed by atoms with Crippen LogP contribution >= 0.6 is 16.3 Å².